The molecule has 0 unspecified atom stereocenters. The molecule has 1 heterocycles. The second-order valence-electron chi connectivity index (χ2n) is 1.92. The monoisotopic (exact) mass is 136 g/mol. The summed E-state index contributed by atoms with van der Waals surface area (Å²) in [4.78, 5) is 0. The van der Waals surface area contributed by atoms with Gasteiger partial charge in [0, 0.05) is 0 Å². The molecule has 0 amide bonds. The molecule has 1 aliphatic rings. The van der Waals surface area contributed by atoms with E-state index in [1.165, 1.54) is 0 Å². The van der Waals surface area contributed by atoms with Gasteiger partial charge in [0.05, 0.1) is 0 Å². The molecule has 10 heavy (non-hydrogen) atoms. The number of hydrogen-bond donors (Lipinski definition) is 0. The topological polar surface area (TPSA) is 18.5 Å². The Morgan fingerprint density at radius 2 is 2.50 bits per heavy atom. The zero-order valence-electron chi connectivity index (χ0n) is 5.91. The Kier molecular flexibility index (Phi) is 2.80. The van der Waals surface area contributed by atoms with E-state index < -0.39 is 0 Å². The van der Waals surface area contributed by atoms with Crippen molar-refractivity contribution >= 4 is 12.9 Å². The van der Waals surface area contributed by atoms with Crippen molar-refractivity contribution in [2.45, 2.75) is 6.92 Å². The van der Waals surface area contributed by atoms with Crippen LogP contribution in [-0.4, -0.2) is 19.7 Å². The Labute approximate surface area is 61.0 Å². The van der Waals surface area contributed by atoms with Crippen molar-refractivity contribution in [1.82, 2.24) is 0 Å². The van der Waals surface area contributed by atoms with Crippen LogP contribution in [-0.2, 0) is 9.47 Å². The van der Waals surface area contributed by atoms with Crippen LogP contribution in [0.1, 0.15) is 6.92 Å². The minimum absolute atomic E-state index is 0.292. The van der Waals surface area contributed by atoms with Crippen molar-refractivity contribution < 1.29 is 9.47 Å². The molecule has 0 aromatic heterocycles. The van der Waals surface area contributed by atoms with Crippen molar-refractivity contribution in [3.8, 4) is 0 Å². The summed E-state index contributed by atoms with van der Waals surface area (Å²) in [5, 5.41) is 0. The standard InChI is InChI=1S/C7H9BO2/c1-7-5-8-3-2-4-9-6-10-7/h2-5H,6H2,1H3/b4-2+,7-5+. The van der Waals surface area contributed by atoms with Gasteiger partial charge in [0.2, 0.25) is 0 Å². The molecule has 0 aromatic rings. The van der Waals surface area contributed by atoms with Crippen LogP contribution < -0.4 is 0 Å². The molecule has 2 nitrogen and oxygen atoms in total. The van der Waals surface area contributed by atoms with Crippen molar-refractivity contribution in [2.75, 3.05) is 6.79 Å². The summed E-state index contributed by atoms with van der Waals surface area (Å²) < 4.78 is 10.0. The molecule has 0 saturated heterocycles. The van der Waals surface area contributed by atoms with Gasteiger partial charge in [-0.05, 0) is 0 Å². The second-order valence-corrected chi connectivity index (χ2v) is 1.92. The molecule has 52 valence electrons. The van der Waals surface area contributed by atoms with E-state index in [2.05, 4.69) is 0 Å². The zero-order valence-corrected chi connectivity index (χ0v) is 5.91. The quantitative estimate of drug-likeness (QED) is 0.460. The van der Waals surface area contributed by atoms with Gasteiger partial charge in [0.25, 0.3) is 0 Å². The van der Waals surface area contributed by atoms with E-state index in [1.807, 2.05) is 31.9 Å². The maximum absolute atomic E-state index is 5.10. The number of ether oxygens (including phenoxy) is 2. The summed E-state index contributed by atoms with van der Waals surface area (Å²) in [6, 6.07) is 0. The summed E-state index contributed by atoms with van der Waals surface area (Å²) in [5.41, 5.74) is 0. The first kappa shape index (κ1) is 7.13. The van der Waals surface area contributed by atoms with E-state index in [1.54, 1.807) is 6.26 Å². The third-order valence-electron chi connectivity index (χ3n) is 1.08. The van der Waals surface area contributed by atoms with Gasteiger partial charge in [-0.2, -0.15) is 0 Å². The summed E-state index contributed by atoms with van der Waals surface area (Å²) in [7, 11) is 0. The number of hydrogen-bond acceptors (Lipinski definition) is 2. The van der Waals surface area contributed by atoms with Crippen LogP contribution in [0.5, 0.6) is 0 Å². The Bertz CT molecular complexity index is 182. The summed E-state index contributed by atoms with van der Waals surface area (Å²) in [6.45, 7) is 4.08. The molecular weight excluding hydrogens is 127 g/mol. The summed E-state index contributed by atoms with van der Waals surface area (Å²) in [5.74, 6) is 4.64. The number of rotatable bonds is 0. The Balaban J connectivity index is 2.57. The molecule has 1 aliphatic heterocycles. The molecule has 0 fully saturated rings. The Morgan fingerprint density at radius 3 is 3.40 bits per heavy atom. The van der Waals surface area contributed by atoms with Crippen molar-refractivity contribution in [3.05, 3.63) is 24.1 Å². The minimum atomic E-state index is 0.292. The van der Waals surface area contributed by atoms with Crippen LogP contribution in [0.4, 0.5) is 0 Å². The van der Waals surface area contributed by atoms with Gasteiger partial charge in [-0.1, -0.05) is 0 Å². The summed E-state index contributed by atoms with van der Waals surface area (Å²) >= 11 is 0. The Hall–Kier alpha value is -0.985. The van der Waals surface area contributed by atoms with Gasteiger partial charge in [-0.25, -0.2) is 0 Å². The SMILES string of the molecule is C\C1=C/B=C/C=C/OCO1. The van der Waals surface area contributed by atoms with E-state index in [9.17, 15) is 0 Å². The fourth-order valence-corrected chi connectivity index (χ4v) is 0.570. The molecule has 0 saturated carbocycles. The van der Waals surface area contributed by atoms with Gasteiger partial charge in [-0.3, -0.25) is 0 Å². The number of allylic oxidation sites excluding steroid dienone is 2. The fraction of sp³-hybridized carbons (Fsp3) is 0.286. The van der Waals surface area contributed by atoms with E-state index >= 15 is 0 Å². The Morgan fingerprint density at radius 1 is 1.60 bits per heavy atom. The van der Waals surface area contributed by atoms with Crippen LogP contribution >= 0.6 is 0 Å². The normalized spacial score (nSPS) is 27.5. The maximum atomic E-state index is 5.10. The van der Waals surface area contributed by atoms with Crippen LogP contribution in [0.3, 0.4) is 0 Å². The first-order valence-electron chi connectivity index (χ1n) is 3.14. The molecule has 0 aromatic carbocycles. The fourth-order valence-electron chi connectivity index (χ4n) is 0.570. The molecule has 0 radical (unpaired) electrons. The van der Waals surface area contributed by atoms with Crippen LogP contribution in [0, 0.1) is 0 Å². The van der Waals surface area contributed by atoms with E-state index in [0.29, 0.717) is 6.79 Å². The molecule has 0 bridgehead atoms. The molecule has 0 N–H and O–H groups in total. The molecular formula is C7H9BO2. The van der Waals surface area contributed by atoms with Crippen LogP contribution in [0.15, 0.2) is 24.1 Å². The third kappa shape index (κ3) is 2.53. The van der Waals surface area contributed by atoms with Gasteiger partial charge < -0.3 is 0 Å². The predicted molar refractivity (Wildman–Crippen MR) is 41.8 cm³/mol. The molecule has 0 atom stereocenters. The van der Waals surface area contributed by atoms with E-state index in [-0.39, 0.29) is 0 Å². The van der Waals surface area contributed by atoms with Crippen LogP contribution in [0.2, 0.25) is 0 Å². The van der Waals surface area contributed by atoms with E-state index in [0.717, 1.165) is 5.76 Å². The second kappa shape index (κ2) is 3.93. The van der Waals surface area contributed by atoms with Crippen molar-refractivity contribution in [2.24, 2.45) is 0 Å². The van der Waals surface area contributed by atoms with Crippen molar-refractivity contribution in [1.29, 1.82) is 0 Å². The molecule has 0 spiro atoms. The van der Waals surface area contributed by atoms with Gasteiger partial charge in [0.1, 0.15) is 0 Å². The van der Waals surface area contributed by atoms with Crippen LogP contribution in [0.25, 0.3) is 0 Å². The first-order chi connectivity index (χ1) is 4.89. The average molecular weight is 136 g/mol. The summed E-state index contributed by atoms with van der Waals surface area (Å²) in [6.07, 6.45) is 3.42. The van der Waals surface area contributed by atoms with Gasteiger partial charge >= 0.3 is 60.2 Å². The predicted octanol–water partition coefficient (Wildman–Crippen LogP) is 0.872. The third-order valence-corrected chi connectivity index (χ3v) is 1.08. The molecule has 1 rings (SSSR count). The van der Waals surface area contributed by atoms with Gasteiger partial charge in [-0.15, -0.1) is 0 Å². The molecule has 3 heteroatoms. The van der Waals surface area contributed by atoms with Gasteiger partial charge in [0.15, 0.2) is 0 Å². The van der Waals surface area contributed by atoms with E-state index in [4.69, 9.17) is 9.47 Å². The first-order valence-corrected chi connectivity index (χ1v) is 3.14. The van der Waals surface area contributed by atoms with Crippen molar-refractivity contribution in [3.63, 3.8) is 0 Å². The average Bonchev–Trinajstić information content (AvgIpc) is 2.02. The zero-order chi connectivity index (χ0) is 7.23. The molecule has 0 aliphatic carbocycles.